The van der Waals surface area contributed by atoms with E-state index in [2.05, 4.69) is 25.8 Å². The van der Waals surface area contributed by atoms with Crippen molar-refractivity contribution in [3.63, 3.8) is 0 Å². The van der Waals surface area contributed by atoms with Crippen molar-refractivity contribution < 1.29 is 19.0 Å². The molecule has 48 heavy (non-hydrogen) atoms. The highest BCUT2D eigenvalue weighted by atomic mass is 16.5. The molecule has 5 heteroatoms. The van der Waals surface area contributed by atoms with Crippen LogP contribution in [0, 0.1) is 0 Å². The van der Waals surface area contributed by atoms with Gasteiger partial charge in [-0.05, 0) is 19.3 Å². The molecule has 278 valence electrons. The summed E-state index contributed by atoms with van der Waals surface area (Å²) < 4.78 is 19.0. The molecule has 0 spiro atoms. The molecule has 0 radical (unpaired) electrons. The van der Waals surface area contributed by atoms with Crippen LogP contribution in [-0.4, -0.2) is 25.9 Å². The number of ether oxygens (including phenoxy) is 3. The van der Waals surface area contributed by atoms with Crippen LogP contribution in [0.25, 0.3) is 0 Å². The van der Waals surface area contributed by atoms with Gasteiger partial charge in [-0.1, -0.05) is 194 Å². The predicted molar refractivity (Wildman–Crippen MR) is 206 cm³/mol. The minimum absolute atomic E-state index is 0.507. The normalized spacial score (nSPS) is 11.1. The van der Waals surface area contributed by atoms with Gasteiger partial charge in [0.2, 0.25) is 11.8 Å². The lowest BCUT2D eigenvalue weighted by molar-refractivity contribution is 0.234. The zero-order valence-electron chi connectivity index (χ0n) is 32.1. The topological polar surface area (TPSA) is 57.1 Å². The lowest BCUT2D eigenvalue weighted by Gasteiger charge is -2.18. The molecule has 1 aromatic rings. The summed E-state index contributed by atoms with van der Waals surface area (Å²) in [6, 6.07) is 3.62. The summed E-state index contributed by atoms with van der Waals surface area (Å²) in [7, 11) is 0. The highest BCUT2D eigenvalue weighted by Crippen LogP contribution is 2.42. The predicted octanol–water partition coefficient (Wildman–Crippen LogP) is 14.6. The first-order valence-electron chi connectivity index (χ1n) is 20.9. The van der Waals surface area contributed by atoms with E-state index in [1.807, 2.05) is 12.1 Å². The number of rotatable bonds is 37. The number of isocyanates is 1. The van der Waals surface area contributed by atoms with Crippen LogP contribution in [0.3, 0.4) is 0 Å². The molecular formula is C43H77NO4. The van der Waals surface area contributed by atoms with Crippen LogP contribution in [-0.2, 0) is 4.79 Å². The van der Waals surface area contributed by atoms with Crippen molar-refractivity contribution in [3.8, 4) is 17.2 Å². The number of aliphatic imine (C=N–C) groups is 1. The summed E-state index contributed by atoms with van der Waals surface area (Å²) in [5.41, 5.74) is 0.507. The standard InChI is InChI=1S/C43H77NO4/c1-4-7-10-13-16-19-22-25-28-31-34-46-41-37-40(44-39-45)38-42(47-35-32-29-26-23-20-17-14-11-8-5-2)43(41)48-36-33-30-27-24-21-18-15-12-9-6-3/h37-38H,4-36H2,1-3H3. The fraction of sp³-hybridized carbons (Fsp3) is 0.837. The number of hydrogen-bond donors (Lipinski definition) is 0. The molecule has 0 bridgehead atoms. The van der Waals surface area contributed by atoms with Crippen molar-refractivity contribution in [2.75, 3.05) is 19.8 Å². The monoisotopic (exact) mass is 672 g/mol. The highest BCUT2D eigenvalue weighted by molar-refractivity contribution is 5.62. The van der Waals surface area contributed by atoms with E-state index in [0.717, 1.165) is 32.1 Å². The number of benzene rings is 1. The van der Waals surface area contributed by atoms with Crippen LogP contribution in [0.15, 0.2) is 17.1 Å². The van der Waals surface area contributed by atoms with Crippen LogP contribution in [0.5, 0.6) is 17.2 Å². The van der Waals surface area contributed by atoms with Crippen molar-refractivity contribution in [1.29, 1.82) is 0 Å². The van der Waals surface area contributed by atoms with Gasteiger partial charge in [0, 0.05) is 12.1 Å². The van der Waals surface area contributed by atoms with Crippen LogP contribution >= 0.6 is 0 Å². The number of nitrogens with zero attached hydrogens (tertiary/aromatic N) is 1. The number of hydrogen-bond acceptors (Lipinski definition) is 5. The molecule has 0 saturated heterocycles. The van der Waals surface area contributed by atoms with Gasteiger partial charge in [-0.2, -0.15) is 4.99 Å². The Hall–Kier alpha value is -2.00. The van der Waals surface area contributed by atoms with Crippen molar-refractivity contribution in [2.24, 2.45) is 4.99 Å². The fourth-order valence-electron chi connectivity index (χ4n) is 6.34. The fourth-order valence-corrected chi connectivity index (χ4v) is 6.34. The second-order valence-corrected chi connectivity index (χ2v) is 14.1. The van der Waals surface area contributed by atoms with Crippen LogP contribution in [0.1, 0.15) is 213 Å². The van der Waals surface area contributed by atoms with E-state index in [0.29, 0.717) is 42.8 Å². The summed E-state index contributed by atoms with van der Waals surface area (Å²) in [4.78, 5) is 15.1. The van der Waals surface area contributed by atoms with Crippen LogP contribution in [0.4, 0.5) is 5.69 Å². The van der Waals surface area contributed by atoms with Gasteiger partial charge in [0.05, 0.1) is 25.5 Å². The Morgan fingerprint density at radius 3 is 0.979 bits per heavy atom. The Bertz CT molecular complexity index is 835. The highest BCUT2D eigenvalue weighted by Gasteiger charge is 2.16. The van der Waals surface area contributed by atoms with Crippen molar-refractivity contribution in [3.05, 3.63) is 12.1 Å². The van der Waals surface area contributed by atoms with Crippen molar-refractivity contribution in [1.82, 2.24) is 0 Å². The van der Waals surface area contributed by atoms with E-state index >= 15 is 0 Å². The largest absolute Gasteiger partial charge is 0.489 e. The zero-order valence-corrected chi connectivity index (χ0v) is 32.1. The molecule has 0 aliphatic heterocycles. The maximum Gasteiger partial charge on any atom is 0.240 e. The van der Waals surface area contributed by atoms with Gasteiger partial charge in [-0.15, -0.1) is 0 Å². The first-order chi connectivity index (χ1) is 23.8. The molecule has 0 aliphatic rings. The summed E-state index contributed by atoms with van der Waals surface area (Å²) in [6.45, 7) is 8.70. The summed E-state index contributed by atoms with van der Waals surface area (Å²) in [5.74, 6) is 1.93. The Balaban J connectivity index is 2.61. The van der Waals surface area contributed by atoms with Gasteiger partial charge in [0.25, 0.3) is 0 Å². The maximum atomic E-state index is 11.2. The molecule has 0 amide bonds. The second kappa shape index (κ2) is 34.8. The van der Waals surface area contributed by atoms with Gasteiger partial charge >= 0.3 is 0 Å². The third kappa shape index (κ3) is 25.9. The average molecular weight is 672 g/mol. The molecule has 0 aliphatic carbocycles. The van der Waals surface area contributed by atoms with Crippen molar-refractivity contribution in [2.45, 2.75) is 213 Å². The SMILES string of the molecule is CCCCCCCCCCCCOc1cc(N=C=O)cc(OCCCCCCCCCCCC)c1OCCCCCCCCCCCC. The molecule has 1 aromatic carbocycles. The van der Waals surface area contributed by atoms with E-state index < -0.39 is 0 Å². The van der Waals surface area contributed by atoms with E-state index in [9.17, 15) is 4.79 Å². The molecular weight excluding hydrogens is 594 g/mol. The van der Waals surface area contributed by atoms with Crippen molar-refractivity contribution >= 4 is 11.8 Å². The minimum atomic E-state index is 0.507. The van der Waals surface area contributed by atoms with E-state index in [-0.39, 0.29) is 0 Å². The molecule has 0 atom stereocenters. The Labute approximate surface area is 297 Å². The third-order valence-electron chi connectivity index (χ3n) is 9.44. The van der Waals surface area contributed by atoms with E-state index in [1.54, 1.807) is 6.08 Å². The molecule has 5 nitrogen and oxygen atoms in total. The first-order valence-corrected chi connectivity index (χ1v) is 20.9. The second-order valence-electron chi connectivity index (χ2n) is 14.1. The van der Waals surface area contributed by atoms with Gasteiger partial charge in [-0.3, -0.25) is 0 Å². The Morgan fingerprint density at radius 1 is 0.417 bits per heavy atom. The molecule has 0 saturated carbocycles. The summed E-state index contributed by atoms with van der Waals surface area (Å²) >= 11 is 0. The average Bonchev–Trinajstić information content (AvgIpc) is 3.09. The third-order valence-corrected chi connectivity index (χ3v) is 9.44. The van der Waals surface area contributed by atoms with Gasteiger partial charge in [-0.25, -0.2) is 4.79 Å². The van der Waals surface area contributed by atoms with Gasteiger partial charge in [0.1, 0.15) is 0 Å². The summed E-state index contributed by atoms with van der Waals surface area (Å²) in [6.07, 6.45) is 40.3. The molecule has 0 heterocycles. The van der Waals surface area contributed by atoms with Crippen LogP contribution < -0.4 is 14.2 Å². The molecule has 1 rings (SSSR count). The number of carbonyl (C=O) groups excluding carboxylic acids is 1. The maximum absolute atomic E-state index is 11.2. The van der Waals surface area contributed by atoms with Gasteiger partial charge < -0.3 is 14.2 Å². The number of unbranched alkanes of at least 4 members (excludes halogenated alkanes) is 27. The van der Waals surface area contributed by atoms with E-state index in [1.165, 1.54) is 161 Å². The zero-order chi connectivity index (χ0) is 34.6. The molecule has 0 unspecified atom stereocenters. The van der Waals surface area contributed by atoms with Crippen LogP contribution in [0.2, 0.25) is 0 Å². The quantitative estimate of drug-likeness (QED) is 0.0401. The minimum Gasteiger partial charge on any atom is -0.489 e. The molecule has 0 fully saturated rings. The lowest BCUT2D eigenvalue weighted by atomic mass is 10.1. The Kier molecular flexibility index (Phi) is 32.0. The summed E-state index contributed by atoms with van der Waals surface area (Å²) in [5, 5.41) is 0. The first kappa shape index (κ1) is 44.0. The molecule has 0 N–H and O–H groups in total. The van der Waals surface area contributed by atoms with Gasteiger partial charge in [0.15, 0.2) is 11.5 Å². The smallest absolute Gasteiger partial charge is 0.240 e. The molecule has 0 aromatic heterocycles. The lowest BCUT2D eigenvalue weighted by Crippen LogP contribution is -2.06. The Morgan fingerprint density at radius 2 is 0.688 bits per heavy atom. The van der Waals surface area contributed by atoms with E-state index in [4.69, 9.17) is 14.2 Å².